The fourth-order valence-electron chi connectivity index (χ4n) is 2.54. The van der Waals surface area contributed by atoms with Crippen LogP contribution in [-0.4, -0.2) is 10.9 Å². The summed E-state index contributed by atoms with van der Waals surface area (Å²) in [7, 11) is 0. The summed E-state index contributed by atoms with van der Waals surface area (Å²) >= 11 is 0. The van der Waals surface area contributed by atoms with Crippen molar-refractivity contribution in [3.63, 3.8) is 0 Å². The van der Waals surface area contributed by atoms with Crippen LogP contribution in [0.5, 0.6) is 17.2 Å². The first kappa shape index (κ1) is 18.1. The second kappa shape index (κ2) is 7.28. The van der Waals surface area contributed by atoms with Gasteiger partial charge < -0.3 is 13.9 Å². The lowest BCUT2D eigenvalue weighted by molar-refractivity contribution is -0.384. The van der Waals surface area contributed by atoms with Gasteiger partial charge in [-0.15, -0.1) is 0 Å². The van der Waals surface area contributed by atoms with Gasteiger partial charge in [0.05, 0.1) is 10.3 Å². The largest absolute Gasteiger partial charge is 0.460 e. The minimum atomic E-state index is -0.527. The molecule has 0 saturated carbocycles. The zero-order valence-corrected chi connectivity index (χ0v) is 14.6. The normalized spacial score (nSPS) is 10.6. The van der Waals surface area contributed by atoms with Gasteiger partial charge in [-0.3, -0.25) is 19.7 Å². The van der Waals surface area contributed by atoms with Crippen LogP contribution in [0.3, 0.4) is 0 Å². The lowest BCUT2D eigenvalue weighted by Gasteiger charge is -2.10. The Kier molecular flexibility index (Phi) is 4.89. The van der Waals surface area contributed by atoms with E-state index in [0.717, 1.165) is 6.26 Å². The number of hydrogen-bond donors (Lipinski definition) is 0. The number of carbonyl (C=O) groups is 1. The highest BCUT2D eigenvalue weighted by atomic mass is 16.6. The van der Waals surface area contributed by atoms with E-state index in [1.165, 1.54) is 37.3 Å². The zero-order valence-electron chi connectivity index (χ0n) is 14.6. The molecule has 8 nitrogen and oxygen atoms in total. The SMILES string of the molecule is CCc1cc2c(=O)c(Oc3ccc([N+](=O)[O-])cc3)coc2cc1OC(C)=O. The van der Waals surface area contributed by atoms with Crippen molar-refractivity contribution >= 4 is 22.6 Å². The molecule has 1 heterocycles. The molecular weight excluding hydrogens is 354 g/mol. The highest BCUT2D eigenvalue weighted by Crippen LogP contribution is 2.28. The molecule has 8 heteroatoms. The summed E-state index contributed by atoms with van der Waals surface area (Å²) in [5.41, 5.74) is 0.444. The molecule has 0 saturated heterocycles. The maximum atomic E-state index is 12.7. The van der Waals surface area contributed by atoms with Crippen LogP contribution in [0.25, 0.3) is 11.0 Å². The highest BCUT2D eigenvalue weighted by molar-refractivity contribution is 5.82. The monoisotopic (exact) mass is 369 g/mol. The lowest BCUT2D eigenvalue weighted by atomic mass is 10.1. The number of ether oxygens (including phenoxy) is 2. The van der Waals surface area contributed by atoms with E-state index in [4.69, 9.17) is 13.9 Å². The summed E-state index contributed by atoms with van der Waals surface area (Å²) < 4.78 is 16.1. The van der Waals surface area contributed by atoms with Gasteiger partial charge in [0.1, 0.15) is 23.3 Å². The van der Waals surface area contributed by atoms with Gasteiger partial charge in [0.15, 0.2) is 0 Å². The molecule has 27 heavy (non-hydrogen) atoms. The molecule has 0 unspecified atom stereocenters. The average Bonchev–Trinajstić information content (AvgIpc) is 2.63. The quantitative estimate of drug-likeness (QED) is 0.289. The van der Waals surface area contributed by atoms with Crippen LogP contribution < -0.4 is 14.9 Å². The van der Waals surface area contributed by atoms with Gasteiger partial charge in [0.25, 0.3) is 5.69 Å². The summed E-state index contributed by atoms with van der Waals surface area (Å²) in [6.07, 6.45) is 1.70. The number of benzene rings is 2. The molecule has 0 spiro atoms. The Labute approximate surface area is 153 Å². The Bertz CT molecular complexity index is 1080. The molecule has 0 aliphatic heterocycles. The van der Waals surface area contributed by atoms with Gasteiger partial charge in [-0.2, -0.15) is 0 Å². The van der Waals surface area contributed by atoms with E-state index >= 15 is 0 Å². The number of carbonyl (C=O) groups excluding carboxylic acids is 1. The molecule has 3 aromatic rings. The third-order valence-corrected chi connectivity index (χ3v) is 3.83. The number of nitro benzene ring substituents is 1. The molecule has 0 radical (unpaired) electrons. The van der Waals surface area contributed by atoms with Gasteiger partial charge >= 0.3 is 5.97 Å². The Morgan fingerprint density at radius 3 is 2.48 bits per heavy atom. The first-order chi connectivity index (χ1) is 12.9. The Balaban J connectivity index is 2.00. The van der Waals surface area contributed by atoms with Crippen LogP contribution in [0.1, 0.15) is 19.4 Å². The third kappa shape index (κ3) is 3.79. The number of hydrogen-bond acceptors (Lipinski definition) is 7. The third-order valence-electron chi connectivity index (χ3n) is 3.83. The minimum absolute atomic E-state index is 0.0568. The first-order valence-electron chi connectivity index (χ1n) is 8.08. The summed E-state index contributed by atoms with van der Waals surface area (Å²) in [4.78, 5) is 34.1. The molecule has 2 aromatic carbocycles. The van der Waals surface area contributed by atoms with Gasteiger partial charge in [0, 0.05) is 25.1 Å². The first-order valence-corrected chi connectivity index (χ1v) is 8.08. The molecule has 0 aliphatic rings. The Morgan fingerprint density at radius 1 is 1.19 bits per heavy atom. The maximum Gasteiger partial charge on any atom is 0.308 e. The van der Waals surface area contributed by atoms with Crippen molar-refractivity contribution in [3.8, 4) is 17.2 Å². The predicted molar refractivity (Wildman–Crippen MR) is 96.3 cm³/mol. The number of aryl methyl sites for hydroxylation is 1. The topological polar surface area (TPSA) is 109 Å². The number of fused-ring (bicyclic) bond motifs is 1. The fourth-order valence-corrected chi connectivity index (χ4v) is 2.54. The molecule has 0 atom stereocenters. The smallest absolute Gasteiger partial charge is 0.308 e. The van der Waals surface area contributed by atoms with Crippen LogP contribution >= 0.6 is 0 Å². The molecule has 138 valence electrons. The van der Waals surface area contributed by atoms with Crippen molar-refractivity contribution in [1.29, 1.82) is 0 Å². The molecular formula is C19H15NO7. The maximum absolute atomic E-state index is 12.7. The molecule has 0 bridgehead atoms. The zero-order chi connectivity index (χ0) is 19.6. The van der Waals surface area contributed by atoms with Gasteiger partial charge in [-0.1, -0.05) is 6.92 Å². The average molecular weight is 369 g/mol. The lowest BCUT2D eigenvalue weighted by Crippen LogP contribution is -2.08. The van der Waals surface area contributed by atoms with Crippen LogP contribution in [0.15, 0.2) is 51.9 Å². The van der Waals surface area contributed by atoms with Crippen LogP contribution in [0.2, 0.25) is 0 Å². The van der Waals surface area contributed by atoms with E-state index in [-0.39, 0.29) is 28.2 Å². The van der Waals surface area contributed by atoms with Crippen molar-refractivity contribution in [3.05, 3.63) is 68.6 Å². The van der Waals surface area contributed by atoms with Gasteiger partial charge in [-0.25, -0.2) is 0 Å². The molecule has 3 rings (SSSR count). The molecule has 1 aromatic heterocycles. The number of rotatable bonds is 5. The van der Waals surface area contributed by atoms with Crippen LogP contribution in [0, 0.1) is 10.1 Å². The van der Waals surface area contributed by atoms with Gasteiger partial charge in [-0.05, 0) is 30.2 Å². The molecule has 0 N–H and O–H groups in total. The summed E-state index contributed by atoms with van der Waals surface area (Å²) in [6.45, 7) is 3.16. The fraction of sp³-hybridized carbons (Fsp3) is 0.158. The van der Waals surface area contributed by atoms with Crippen molar-refractivity contribution in [1.82, 2.24) is 0 Å². The van der Waals surface area contributed by atoms with Crippen LogP contribution in [0.4, 0.5) is 5.69 Å². The number of nitrogens with zero attached hydrogens (tertiary/aromatic N) is 1. The van der Waals surface area contributed by atoms with E-state index in [0.29, 0.717) is 17.7 Å². The Hall–Kier alpha value is -3.68. The second-order valence-electron chi connectivity index (χ2n) is 5.69. The molecule has 0 amide bonds. The van der Waals surface area contributed by atoms with E-state index < -0.39 is 16.3 Å². The summed E-state index contributed by atoms with van der Waals surface area (Å²) in [6, 6.07) is 8.43. The highest BCUT2D eigenvalue weighted by Gasteiger charge is 2.15. The second-order valence-corrected chi connectivity index (χ2v) is 5.69. The summed E-state index contributed by atoms with van der Waals surface area (Å²) in [5, 5.41) is 11.0. The molecule has 0 fully saturated rings. The predicted octanol–water partition coefficient (Wildman–Crippen LogP) is 3.98. The van der Waals surface area contributed by atoms with E-state index in [1.807, 2.05) is 6.92 Å². The van der Waals surface area contributed by atoms with Crippen molar-refractivity contribution in [2.75, 3.05) is 0 Å². The van der Waals surface area contributed by atoms with E-state index in [2.05, 4.69) is 0 Å². The standard InChI is InChI=1S/C19H15NO7/c1-3-12-8-15-17(9-16(12)26-11(2)21)25-10-18(19(15)22)27-14-6-4-13(5-7-14)20(23)24/h4-10H,3H2,1-2H3. The van der Waals surface area contributed by atoms with E-state index in [9.17, 15) is 19.7 Å². The van der Waals surface area contributed by atoms with Crippen molar-refractivity contribution in [2.24, 2.45) is 0 Å². The Morgan fingerprint density at radius 2 is 1.89 bits per heavy atom. The van der Waals surface area contributed by atoms with Crippen molar-refractivity contribution in [2.45, 2.75) is 20.3 Å². The molecule has 0 aliphatic carbocycles. The summed E-state index contributed by atoms with van der Waals surface area (Å²) in [5.74, 6) is 0.0762. The number of esters is 1. The van der Waals surface area contributed by atoms with Gasteiger partial charge in [0.2, 0.25) is 11.2 Å². The van der Waals surface area contributed by atoms with Crippen LogP contribution in [-0.2, 0) is 11.2 Å². The number of non-ortho nitro benzene ring substituents is 1. The minimum Gasteiger partial charge on any atom is -0.460 e. The van der Waals surface area contributed by atoms with Crippen molar-refractivity contribution < 1.29 is 23.6 Å². The number of nitro groups is 1. The van der Waals surface area contributed by atoms with E-state index in [1.54, 1.807) is 6.07 Å².